The van der Waals surface area contributed by atoms with Crippen LogP contribution in [0.1, 0.15) is 23.9 Å². The van der Waals surface area contributed by atoms with Gasteiger partial charge in [0.05, 0.1) is 12.2 Å². The third kappa shape index (κ3) is 3.35. The van der Waals surface area contributed by atoms with Crippen LogP contribution in [0.15, 0.2) is 53.7 Å². The monoisotopic (exact) mass is 348 g/mol. The van der Waals surface area contributed by atoms with E-state index >= 15 is 0 Å². The van der Waals surface area contributed by atoms with E-state index in [1.807, 2.05) is 31.3 Å². The predicted octanol–water partition coefficient (Wildman–Crippen LogP) is 2.73. The SMILES string of the molecule is Cc1ncc(-c2ccn(C)c(=O)c2)c(OC[C@H]2C[C@@H]2c2ccccn2)n1. The fourth-order valence-corrected chi connectivity index (χ4v) is 3.05. The highest BCUT2D eigenvalue weighted by molar-refractivity contribution is 5.67. The lowest BCUT2D eigenvalue weighted by atomic mass is 10.1. The summed E-state index contributed by atoms with van der Waals surface area (Å²) in [6.45, 7) is 2.41. The van der Waals surface area contributed by atoms with Crippen molar-refractivity contribution in [2.24, 2.45) is 13.0 Å². The molecule has 6 heteroatoms. The van der Waals surface area contributed by atoms with E-state index < -0.39 is 0 Å². The van der Waals surface area contributed by atoms with E-state index in [4.69, 9.17) is 4.74 Å². The molecule has 26 heavy (non-hydrogen) atoms. The second-order valence-electron chi connectivity index (χ2n) is 6.67. The van der Waals surface area contributed by atoms with Crippen molar-refractivity contribution in [3.8, 4) is 17.0 Å². The zero-order valence-corrected chi connectivity index (χ0v) is 14.8. The minimum Gasteiger partial charge on any atom is -0.477 e. The first-order valence-corrected chi connectivity index (χ1v) is 8.66. The highest BCUT2D eigenvalue weighted by atomic mass is 16.5. The molecular formula is C20H20N4O2. The van der Waals surface area contributed by atoms with Crippen molar-refractivity contribution in [1.29, 1.82) is 0 Å². The van der Waals surface area contributed by atoms with Gasteiger partial charge < -0.3 is 9.30 Å². The lowest BCUT2D eigenvalue weighted by molar-refractivity contribution is 0.285. The fraction of sp³-hybridized carbons (Fsp3) is 0.300. The van der Waals surface area contributed by atoms with Crippen LogP contribution < -0.4 is 10.3 Å². The average molecular weight is 348 g/mol. The molecule has 0 spiro atoms. The average Bonchev–Trinajstić information content (AvgIpc) is 3.43. The van der Waals surface area contributed by atoms with Gasteiger partial charge in [0.2, 0.25) is 5.88 Å². The van der Waals surface area contributed by atoms with Gasteiger partial charge in [0.25, 0.3) is 5.56 Å². The number of nitrogens with zero attached hydrogens (tertiary/aromatic N) is 4. The number of aromatic nitrogens is 4. The van der Waals surface area contributed by atoms with E-state index in [0.717, 1.165) is 23.2 Å². The number of pyridine rings is 2. The van der Waals surface area contributed by atoms with Gasteiger partial charge in [-0.15, -0.1) is 0 Å². The minimum atomic E-state index is -0.0774. The summed E-state index contributed by atoms with van der Waals surface area (Å²) < 4.78 is 7.56. The van der Waals surface area contributed by atoms with Crippen molar-refractivity contribution < 1.29 is 4.74 Å². The highest BCUT2D eigenvalue weighted by Crippen LogP contribution is 2.46. The number of ether oxygens (including phenoxy) is 1. The van der Waals surface area contributed by atoms with Crippen LogP contribution in [0.5, 0.6) is 5.88 Å². The van der Waals surface area contributed by atoms with Gasteiger partial charge in [-0.3, -0.25) is 9.78 Å². The van der Waals surface area contributed by atoms with E-state index in [9.17, 15) is 4.79 Å². The predicted molar refractivity (Wildman–Crippen MR) is 98.0 cm³/mol. The first kappa shape index (κ1) is 16.4. The molecule has 0 saturated heterocycles. The van der Waals surface area contributed by atoms with Crippen molar-refractivity contribution >= 4 is 0 Å². The Labute approximate surface area is 151 Å². The Morgan fingerprint density at radius 2 is 2.15 bits per heavy atom. The second kappa shape index (κ2) is 6.71. The Balaban J connectivity index is 1.52. The summed E-state index contributed by atoms with van der Waals surface area (Å²) in [5.74, 6) is 2.06. The van der Waals surface area contributed by atoms with E-state index in [1.165, 1.54) is 4.57 Å². The molecule has 0 bridgehead atoms. The molecule has 1 saturated carbocycles. The largest absolute Gasteiger partial charge is 0.477 e. The Bertz CT molecular complexity index is 985. The molecule has 3 heterocycles. The molecule has 1 aliphatic rings. The van der Waals surface area contributed by atoms with E-state index in [2.05, 4.69) is 21.0 Å². The number of hydrogen-bond donors (Lipinski definition) is 0. The quantitative estimate of drug-likeness (QED) is 0.709. The maximum atomic E-state index is 11.9. The molecular weight excluding hydrogens is 328 g/mol. The van der Waals surface area contributed by atoms with Gasteiger partial charge in [0, 0.05) is 49.2 Å². The Morgan fingerprint density at radius 1 is 1.27 bits per heavy atom. The maximum absolute atomic E-state index is 11.9. The minimum absolute atomic E-state index is 0.0774. The van der Waals surface area contributed by atoms with Gasteiger partial charge in [-0.25, -0.2) is 4.98 Å². The Hall–Kier alpha value is -3.02. The van der Waals surface area contributed by atoms with Gasteiger partial charge >= 0.3 is 0 Å². The molecule has 2 atom stereocenters. The van der Waals surface area contributed by atoms with E-state index in [-0.39, 0.29) is 5.56 Å². The zero-order chi connectivity index (χ0) is 18.1. The summed E-state index contributed by atoms with van der Waals surface area (Å²) in [6.07, 6.45) is 6.35. The molecule has 3 aromatic rings. The van der Waals surface area contributed by atoms with Gasteiger partial charge in [-0.1, -0.05) is 6.07 Å². The summed E-state index contributed by atoms with van der Waals surface area (Å²) in [7, 11) is 1.72. The van der Waals surface area contributed by atoms with Crippen LogP contribution in [-0.4, -0.2) is 26.1 Å². The lowest BCUT2D eigenvalue weighted by Gasteiger charge is -2.11. The van der Waals surface area contributed by atoms with E-state index in [1.54, 1.807) is 25.5 Å². The smallest absolute Gasteiger partial charge is 0.250 e. The molecule has 4 rings (SSSR count). The zero-order valence-electron chi connectivity index (χ0n) is 14.8. The standard InChI is InChI=1S/C20H20N4O2/c1-13-22-11-17(14-6-8-24(2)19(25)10-14)20(23-13)26-12-15-9-16(15)18-5-3-4-7-21-18/h3-8,10-11,15-16H,9,12H2,1-2H3/t15-,16+/m1/s1. The molecule has 1 aliphatic carbocycles. The summed E-state index contributed by atoms with van der Waals surface area (Å²) in [4.78, 5) is 25.1. The summed E-state index contributed by atoms with van der Waals surface area (Å²) in [5.41, 5.74) is 2.54. The third-order valence-corrected chi connectivity index (χ3v) is 4.71. The molecule has 132 valence electrons. The third-order valence-electron chi connectivity index (χ3n) is 4.71. The lowest BCUT2D eigenvalue weighted by Crippen LogP contribution is -2.14. The molecule has 6 nitrogen and oxygen atoms in total. The van der Waals surface area contributed by atoms with Crippen molar-refractivity contribution in [2.75, 3.05) is 6.61 Å². The van der Waals surface area contributed by atoms with Gasteiger partial charge in [-0.05, 0) is 37.1 Å². The number of hydrogen-bond acceptors (Lipinski definition) is 5. The normalized spacial score (nSPS) is 18.5. The summed E-state index contributed by atoms with van der Waals surface area (Å²) >= 11 is 0. The molecule has 0 radical (unpaired) electrons. The molecule has 1 fully saturated rings. The number of aryl methyl sites for hydroxylation is 2. The molecule has 0 unspecified atom stereocenters. The van der Waals surface area contributed by atoms with Crippen LogP contribution in [0.4, 0.5) is 0 Å². The Kier molecular flexibility index (Phi) is 4.24. The van der Waals surface area contributed by atoms with Gasteiger partial charge in [0.15, 0.2) is 0 Å². The second-order valence-corrected chi connectivity index (χ2v) is 6.67. The van der Waals surface area contributed by atoms with Crippen LogP contribution >= 0.6 is 0 Å². The topological polar surface area (TPSA) is 69.9 Å². The summed E-state index contributed by atoms with van der Waals surface area (Å²) in [5, 5.41) is 0. The summed E-state index contributed by atoms with van der Waals surface area (Å²) in [6, 6.07) is 9.45. The molecule has 0 aliphatic heterocycles. The van der Waals surface area contributed by atoms with Crippen molar-refractivity contribution in [2.45, 2.75) is 19.3 Å². The van der Waals surface area contributed by atoms with Crippen molar-refractivity contribution in [3.05, 3.63) is 70.8 Å². The van der Waals surface area contributed by atoms with Crippen LogP contribution in [0, 0.1) is 12.8 Å². The molecule has 0 amide bonds. The van der Waals surface area contributed by atoms with Gasteiger partial charge in [-0.2, -0.15) is 4.98 Å². The first-order valence-electron chi connectivity index (χ1n) is 8.66. The molecule has 3 aromatic heterocycles. The van der Waals surface area contributed by atoms with Crippen LogP contribution in [0.2, 0.25) is 0 Å². The maximum Gasteiger partial charge on any atom is 0.250 e. The van der Waals surface area contributed by atoms with Crippen LogP contribution in [0.3, 0.4) is 0 Å². The van der Waals surface area contributed by atoms with E-state index in [0.29, 0.717) is 30.1 Å². The van der Waals surface area contributed by atoms with Crippen molar-refractivity contribution in [1.82, 2.24) is 19.5 Å². The van der Waals surface area contributed by atoms with Crippen LogP contribution in [0.25, 0.3) is 11.1 Å². The highest BCUT2D eigenvalue weighted by Gasteiger charge is 2.40. The Morgan fingerprint density at radius 3 is 2.92 bits per heavy atom. The van der Waals surface area contributed by atoms with Gasteiger partial charge in [0.1, 0.15) is 5.82 Å². The number of rotatable bonds is 5. The van der Waals surface area contributed by atoms with Crippen LogP contribution in [-0.2, 0) is 7.05 Å². The van der Waals surface area contributed by atoms with Crippen molar-refractivity contribution in [3.63, 3.8) is 0 Å². The first-order chi connectivity index (χ1) is 12.6. The fourth-order valence-electron chi connectivity index (χ4n) is 3.05. The molecule has 0 N–H and O–H groups in total. The molecule has 0 aromatic carbocycles.